The van der Waals surface area contributed by atoms with E-state index in [2.05, 4.69) is 39.5 Å². The minimum atomic E-state index is 0.161. The normalized spacial score (nSPS) is 13.8. The van der Waals surface area contributed by atoms with Gasteiger partial charge in [0.25, 0.3) is 0 Å². The monoisotopic (exact) mass is 318 g/mol. The predicted molar refractivity (Wildman–Crippen MR) is 97.1 cm³/mol. The van der Waals surface area contributed by atoms with Crippen molar-refractivity contribution in [3.8, 4) is 0 Å². The number of aromatic nitrogens is 2. The summed E-state index contributed by atoms with van der Waals surface area (Å²) in [5, 5.41) is 0. The second-order valence-electron chi connectivity index (χ2n) is 5.04. The SMILES string of the molecule is CC.CC.CC(=O)N1CCN(c2cnc3cc(C)ccn23)CC1. The highest BCUT2D eigenvalue weighted by molar-refractivity contribution is 5.73. The summed E-state index contributed by atoms with van der Waals surface area (Å²) in [5.41, 5.74) is 2.19. The molecule has 5 heteroatoms. The molecule has 0 aliphatic carbocycles. The Hall–Kier alpha value is -2.04. The first-order valence-electron chi connectivity index (χ1n) is 8.59. The Balaban J connectivity index is 0.000000615. The van der Waals surface area contributed by atoms with Crippen LogP contribution in [0, 0.1) is 6.92 Å². The summed E-state index contributed by atoms with van der Waals surface area (Å²) in [6, 6.07) is 4.17. The summed E-state index contributed by atoms with van der Waals surface area (Å²) in [6.07, 6.45) is 3.97. The summed E-state index contributed by atoms with van der Waals surface area (Å²) in [4.78, 5) is 20.0. The second kappa shape index (κ2) is 9.18. The largest absolute Gasteiger partial charge is 0.353 e. The van der Waals surface area contributed by atoms with Gasteiger partial charge in [-0.15, -0.1) is 0 Å². The Bertz CT molecular complexity index is 613. The molecule has 1 aliphatic rings. The van der Waals surface area contributed by atoms with Crippen molar-refractivity contribution in [2.75, 3.05) is 31.1 Å². The van der Waals surface area contributed by atoms with E-state index in [1.807, 2.05) is 38.8 Å². The third-order valence-corrected chi connectivity index (χ3v) is 3.70. The third kappa shape index (κ3) is 4.47. The molecule has 0 bridgehead atoms. The van der Waals surface area contributed by atoms with E-state index in [0.29, 0.717) is 0 Å². The van der Waals surface area contributed by atoms with E-state index < -0.39 is 0 Å². The Labute approximate surface area is 139 Å². The lowest BCUT2D eigenvalue weighted by Crippen LogP contribution is -2.48. The molecule has 0 aromatic carbocycles. The quantitative estimate of drug-likeness (QED) is 0.809. The molecule has 1 aliphatic heterocycles. The van der Waals surface area contributed by atoms with Gasteiger partial charge in [0.1, 0.15) is 11.5 Å². The molecule has 2 aromatic rings. The van der Waals surface area contributed by atoms with Gasteiger partial charge in [-0.3, -0.25) is 9.20 Å². The molecule has 0 spiro atoms. The molecule has 0 saturated carbocycles. The van der Waals surface area contributed by atoms with Crippen LogP contribution in [0.15, 0.2) is 24.5 Å². The van der Waals surface area contributed by atoms with Gasteiger partial charge in [-0.2, -0.15) is 0 Å². The smallest absolute Gasteiger partial charge is 0.219 e. The lowest BCUT2D eigenvalue weighted by molar-refractivity contribution is -0.129. The highest BCUT2D eigenvalue weighted by atomic mass is 16.2. The molecule has 1 fully saturated rings. The molecule has 5 nitrogen and oxygen atoms in total. The van der Waals surface area contributed by atoms with Crippen LogP contribution in [0.3, 0.4) is 0 Å². The number of carbonyl (C=O) groups is 1. The number of hydrogen-bond donors (Lipinski definition) is 0. The summed E-state index contributed by atoms with van der Waals surface area (Å²) >= 11 is 0. The summed E-state index contributed by atoms with van der Waals surface area (Å²) in [5.74, 6) is 1.27. The van der Waals surface area contributed by atoms with Gasteiger partial charge in [0, 0.05) is 39.3 Å². The fourth-order valence-corrected chi connectivity index (χ4v) is 2.55. The van der Waals surface area contributed by atoms with Crippen LogP contribution in [-0.2, 0) is 4.79 Å². The molecule has 0 atom stereocenters. The maximum atomic E-state index is 11.3. The standard InChI is InChI=1S/C14H18N4O.2C2H6/c1-11-3-4-18-13(9-11)15-10-14(18)17-7-5-16(6-8-17)12(2)19;2*1-2/h3-4,9-10H,5-8H2,1-2H3;2*1-2H3. The molecule has 23 heavy (non-hydrogen) atoms. The van der Waals surface area contributed by atoms with Gasteiger partial charge in [-0.25, -0.2) is 4.98 Å². The number of aryl methyl sites for hydroxylation is 1. The fraction of sp³-hybridized carbons (Fsp3) is 0.556. The lowest BCUT2D eigenvalue weighted by atomic mass is 10.3. The summed E-state index contributed by atoms with van der Waals surface area (Å²) in [6.45, 7) is 15.0. The van der Waals surface area contributed by atoms with Crippen LogP contribution in [0.1, 0.15) is 40.2 Å². The minimum absolute atomic E-state index is 0.161. The van der Waals surface area contributed by atoms with Crippen molar-refractivity contribution >= 4 is 17.4 Å². The number of fused-ring (bicyclic) bond motifs is 1. The zero-order valence-corrected chi connectivity index (χ0v) is 15.3. The summed E-state index contributed by atoms with van der Waals surface area (Å²) in [7, 11) is 0. The third-order valence-electron chi connectivity index (χ3n) is 3.70. The molecule has 128 valence electrons. The average molecular weight is 318 g/mol. The number of imidazole rings is 1. The first kappa shape index (κ1) is 19.0. The number of pyridine rings is 1. The highest BCUT2D eigenvalue weighted by Gasteiger charge is 2.20. The Morgan fingerprint density at radius 3 is 2.26 bits per heavy atom. The Morgan fingerprint density at radius 2 is 1.70 bits per heavy atom. The first-order valence-corrected chi connectivity index (χ1v) is 8.59. The topological polar surface area (TPSA) is 40.9 Å². The maximum Gasteiger partial charge on any atom is 0.219 e. The van der Waals surface area contributed by atoms with Gasteiger partial charge in [0.15, 0.2) is 0 Å². The molecule has 0 N–H and O–H groups in total. The first-order chi connectivity index (χ1) is 11.1. The van der Waals surface area contributed by atoms with Gasteiger partial charge in [-0.1, -0.05) is 27.7 Å². The van der Waals surface area contributed by atoms with Crippen molar-refractivity contribution < 1.29 is 4.79 Å². The van der Waals surface area contributed by atoms with Crippen LogP contribution < -0.4 is 4.90 Å². The lowest BCUT2D eigenvalue weighted by Gasteiger charge is -2.35. The van der Waals surface area contributed by atoms with Crippen molar-refractivity contribution in [3.63, 3.8) is 0 Å². The van der Waals surface area contributed by atoms with Crippen molar-refractivity contribution in [3.05, 3.63) is 30.1 Å². The van der Waals surface area contributed by atoms with Crippen molar-refractivity contribution in [2.24, 2.45) is 0 Å². The molecular formula is C18H30N4O. The second-order valence-corrected chi connectivity index (χ2v) is 5.04. The van der Waals surface area contributed by atoms with Crippen LogP contribution in [0.5, 0.6) is 0 Å². The maximum absolute atomic E-state index is 11.3. The van der Waals surface area contributed by atoms with Crippen LogP contribution in [0.25, 0.3) is 5.65 Å². The minimum Gasteiger partial charge on any atom is -0.353 e. The fourth-order valence-electron chi connectivity index (χ4n) is 2.55. The number of carbonyl (C=O) groups excluding carboxylic acids is 1. The molecule has 1 saturated heterocycles. The van der Waals surface area contributed by atoms with Gasteiger partial charge in [0.2, 0.25) is 5.91 Å². The number of anilines is 1. The van der Waals surface area contributed by atoms with Crippen molar-refractivity contribution in [1.29, 1.82) is 0 Å². The van der Waals surface area contributed by atoms with Crippen LogP contribution >= 0.6 is 0 Å². The van der Waals surface area contributed by atoms with Crippen LogP contribution in [-0.4, -0.2) is 46.4 Å². The Kier molecular flexibility index (Phi) is 7.59. The predicted octanol–water partition coefficient (Wildman–Crippen LogP) is 3.36. The van der Waals surface area contributed by atoms with E-state index in [1.165, 1.54) is 5.56 Å². The van der Waals surface area contributed by atoms with Gasteiger partial charge in [-0.05, 0) is 24.6 Å². The van der Waals surface area contributed by atoms with Gasteiger partial charge >= 0.3 is 0 Å². The van der Waals surface area contributed by atoms with Crippen molar-refractivity contribution in [2.45, 2.75) is 41.5 Å². The van der Waals surface area contributed by atoms with E-state index in [1.54, 1.807) is 6.92 Å². The Morgan fingerprint density at radius 1 is 1.09 bits per heavy atom. The number of piperazine rings is 1. The van der Waals surface area contributed by atoms with E-state index >= 15 is 0 Å². The van der Waals surface area contributed by atoms with E-state index in [0.717, 1.165) is 37.6 Å². The zero-order valence-electron chi connectivity index (χ0n) is 15.3. The zero-order chi connectivity index (χ0) is 17.4. The molecular weight excluding hydrogens is 288 g/mol. The average Bonchev–Trinajstić information content (AvgIpc) is 3.01. The number of amides is 1. The number of hydrogen-bond acceptors (Lipinski definition) is 3. The van der Waals surface area contributed by atoms with Crippen LogP contribution in [0.2, 0.25) is 0 Å². The van der Waals surface area contributed by atoms with Crippen molar-refractivity contribution in [1.82, 2.24) is 14.3 Å². The highest BCUT2D eigenvalue weighted by Crippen LogP contribution is 2.19. The van der Waals surface area contributed by atoms with E-state index in [4.69, 9.17) is 0 Å². The summed E-state index contributed by atoms with van der Waals surface area (Å²) < 4.78 is 2.11. The number of nitrogens with zero attached hydrogens (tertiary/aromatic N) is 4. The van der Waals surface area contributed by atoms with Gasteiger partial charge in [0.05, 0.1) is 6.20 Å². The molecule has 0 unspecified atom stereocenters. The molecule has 2 aromatic heterocycles. The molecule has 3 rings (SSSR count). The molecule has 0 radical (unpaired) electrons. The van der Waals surface area contributed by atoms with E-state index in [-0.39, 0.29) is 5.91 Å². The number of rotatable bonds is 1. The van der Waals surface area contributed by atoms with E-state index in [9.17, 15) is 4.79 Å². The molecule has 3 heterocycles. The molecule has 1 amide bonds. The van der Waals surface area contributed by atoms with Gasteiger partial charge < -0.3 is 9.80 Å². The van der Waals surface area contributed by atoms with Crippen LogP contribution in [0.4, 0.5) is 5.82 Å².